The van der Waals surface area contributed by atoms with Gasteiger partial charge in [0.25, 0.3) is 0 Å². The van der Waals surface area contributed by atoms with Gasteiger partial charge in [0.2, 0.25) is 0 Å². The summed E-state index contributed by atoms with van der Waals surface area (Å²) in [7, 11) is 1.53. The van der Waals surface area contributed by atoms with Gasteiger partial charge in [0, 0.05) is 13.7 Å². The molecule has 1 unspecified atom stereocenters. The predicted molar refractivity (Wildman–Crippen MR) is 62.2 cm³/mol. The maximum Gasteiger partial charge on any atom is 0.0945 e. The SMILES string of the molecule is COCC(O)CNc1c(N)cccc1Cl. The number of benzene rings is 1. The first-order valence-corrected chi connectivity index (χ1v) is 4.97. The molecular weight excluding hydrogens is 216 g/mol. The highest BCUT2D eigenvalue weighted by Crippen LogP contribution is 2.27. The summed E-state index contributed by atoms with van der Waals surface area (Å²) < 4.78 is 4.80. The van der Waals surface area contributed by atoms with Gasteiger partial charge in [0.05, 0.1) is 29.1 Å². The van der Waals surface area contributed by atoms with Gasteiger partial charge in [0.15, 0.2) is 0 Å². The summed E-state index contributed by atoms with van der Waals surface area (Å²) in [5.74, 6) is 0. The minimum absolute atomic E-state index is 0.275. The average Bonchev–Trinajstić information content (AvgIpc) is 2.17. The lowest BCUT2D eigenvalue weighted by Crippen LogP contribution is -2.24. The van der Waals surface area contributed by atoms with Crippen molar-refractivity contribution >= 4 is 23.0 Å². The number of nitrogens with two attached hydrogens (primary N) is 1. The molecule has 1 atom stereocenters. The second-order valence-electron chi connectivity index (χ2n) is 3.19. The monoisotopic (exact) mass is 230 g/mol. The van der Waals surface area contributed by atoms with Crippen molar-refractivity contribution in [3.05, 3.63) is 23.2 Å². The maximum atomic E-state index is 9.42. The highest BCUT2D eigenvalue weighted by Gasteiger charge is 2.07. The van der Waals surface area contributed by atoms with Gasteiger partial charge in [-0.05, 0) is 12.1 Å². The molecule has 0 bridgehead atoms. The molecule has 84 valence electrons. The molecule has 0 saturated carbocycles. The van der Waals surface area contributed by atoms with E-state index in [9.17, 15) is 5.11 Å². The van der Waals surface area contributed by atoms with Crippen LogP contribution in [0.15, 0.2) is 18.2 Å². The van der Waals surface area contributed by atoms with Crippen molar-refractivity contribution in [2.45, 2.75) is 6.10 Å². The second kappa shape index (κ2) is 5.80. The van der Waals surface area contributed by atoms with Gasteiger partial charge in [-0.1, -0.05) is 17.7 Å². The zero-order chi connectivity index (χ0) is 11.3. The van der Waals surface area contributed by atoms with Gasteiger partial charge in [-0.3, -0.25) is 0 Å². The number of anilines is 2. The largest absolute Gasteiger partial charge is 0.397 e. The third-order valence-electron chi connectivity index (χ3n) is 1.92. The Morgan fingerprint density at radius 1 is 1.60 bits per heavy atom. The third-order valence-corrected chi connectivity index (χ3v) is 2.23. The molecule has 15 heavy (non-hydrogen) atoms. The lowest BCUT2D eigenvalue weighted by Gasteiger charge is -2.14. The molecule has 0 aliphatic carbocycles. The summed E-state index contributed by atoms with van der Waals surface area (Å²) >= 11 is 5.93. The van der Waals surface area contributed by atoms with E-state index < -0.39 is 6.10 Å². The number of halogens is 1. The zero-order valence-corrected chi connectivity index (χ0v) is 9.29. The fourth-order valence-corrected chi connectivity index (χ4v) is 1.45. The number of nitrogen functional groups attached to an aromatic ring is 1. The average molecular weight is 231 g/mol. The fourth-order valence-electron chi connectivity index (χ4n) is 1.20. The first kappa shape index (κ1) is 12.1. The first-order valence-electron chi connectivity index (χ1n) is 4.60. The number of nitrogens with one attached hydrogen (secondary N) is 1. The van der Waals surface area contributed by atoms with Gasteiger partial charge < -0.3 is 20.9 Å². The number of hydrogen-bond acceptors (Lipinski definition) is 4. The van der Waals surface area contributed by atoms with Gasteiger partial charge >= 0.3 is 0 Å². The number of hydrogen-bond donors (Lipinski definition) is 3. The summed E-state index contributed by atoms with van der Waals surface area (Å²) in [6, 6.07) is 5.26. The molecule has 1 rings (SSSR count). The van der Waals surface area contributed by atoms with Crippen LogP contribution >= 0.6 is 11.6 Å². The van der Waals surface area contributed by atoms with Crippen LogP contribution in [-0.4, -0.2) is 31.5 Å². The Balaban J connectivity index is 2.57. The molecule has 1 aromatic carbocycles. The quantitative estimate of drug-likeness (QED) is 0.668. The minimum Gasteiger partial charge on any atom is -0.397 e. The predicted octanol–water partition coefficient (Wildman–Crippen LogP) is 1.34. The summed E-state index contributed by atoms with van der Waals surface area (Å²) in [6.07, 6.45) is -0.578. The summed E-state index contributed by atoms with van der Waals surface area (Å²) in [6.45, 7) is 0.624. The van der Waals surface area contributed by atoms with Crippen LogP contribution in [0.5, 0.6) is 0 Å². The Kier molecular flexibility index (Phi) is 4.68. The molecule has 0 aliphatic rings. The molecule has 5 heteroatoms. The van der Waals surface area contributed by atoms with Crippen LogP contribution in [0.25, 0.3) is 0 Å². The van der Waals surface area contributed by atoms with Crippen LogP contribution < -0.4 is 11.1 Å². The highest BCUT2D eigenvalue weighted by atomic mass is 35.5. The van der Waals surface area contributed by atoms with E-state index in [1.165, 1.54) is 7.11 Å². The van der Waals surface area contributed by atoms with Crippen LogP contribution in [0.2, 0.25) is 5.02 Å². The van der Waals surface area contributed by atoms with E-state index in [0.717, 1.165) is 0 Å². The number of methoxy groups -OCH3 is 1. The van der Waals surface area contributed by atoms with Crippen LogP contribution in [-0.2, 0) is 4.74 Å². The van der Waals surface area contributed by atoms with Crippen molar-refractivity contribution in [1.82, 2.24) is 0 Å². The van der Waals surface area contributed by atoms with Crippen molar-refractivity contribution in [3.8, 4) is 0 Å². The zero-order valence-electron chi connectivity index (χ0n) is 8.53. The number of ether oxygens (including phenoxy) is 1. The molecule has 1 aromatic rings. The first-order chi connectivity index (χ1) is 7.15. The molecule has 0 fully saturated rings. The van der Waals surface area contributed by atoms with Gasteiger partial charge in [-0.2, -0.15) is 0 Å². The molecule has 4 nitrogen and oxygen atoms in total. The van der Waals surface area contributed by atoms with Crippen molar-refractivity contribution in [3.63, 3.8) is 0 Å². The number of aliphatic hydroxyl groups is 1. The van der Waals surface area contributed by atoms with Gasteiger partial charge in [-0.15, -0.1) is 0 Å². The topological polar surface area (TPSA) is 67.5 Å². The lowest BCUT2D eigenvalue weighted by molar-refractivity contribution is 0.0728. The normalized spacial score (nSPS) is 12.5. The van der Waals surface area contributed by atoms with Crippen LogP contribution in [0, 0.1) is 0 Å². The smallest absolute Gasteiger partial charge is 0.0945 e. The van der Waals surface area contributed by atoms with E-state index >= 15 is 0 Å². The van der Waals surface area contributed by atoms with Crippen LogP contribution in [0.3, 0.4) is 0 Å². The van der Waals surface area contributed by atoms with Crippen molar-refractivity contribution < 1.29 is 9.84 Å². The summed E-state index contributed by atoms with van der Waals surface area (Å²) in [5, 5.41) is 12.9. The Morgan fingerprint density at radius 2 is 2.33 bits per heavy atom. The number of para-hydroxylation sites is 1. The van der Waals surface area contributed by atoms with E-state index in [1.807, 2.05) is 0 Å². The standard InChI is InChI=1S/C10H15ClN2O2/c1-15-6-7(14)5-13-10-8(11)3-2-4-9(10)12/h2-4,7,13-14H,5-6,12H2,1H3. The van der Waals surface area contributed by atoms with E-state index in [-0.39, 0.29) is 6.61 Å². The van der Waals surface area contributed by atoms with Crippen molar-refractivity contribution in [2.24, 2.45) is 0 Å². The van der Waals surface area contributed by atoms with Gasteiger partial charge in [-0.25, -0.2) is 0 Å². The molecule has 0 aromatic heterocycles. The van der Waals surface area contributed by atoms with E-state index in [0.29, 0.717) is 22.9 Å². The number of aliphatic hydroxyl groups excluding tert-OH is 1. The van der Waals surface area contributed by atoms with Crippen molar-refractivity contribution in [2.75, 3.05) is 31.3 Å². The Morgan fingerprint density at radius 3 is 2.93 bits per heavy atom. The highest BCUT2D eigenvalue weighted by molar-refractivity contribution is 6.33. The third kappa shape index (κ3) is 3.58. The Bertz CT molecular complexity index is 300. The Hall–Kier alpha value is -0.970. The maximum absolute atomic E-state index is 9.42. The number of rotatable bonds is 5. The minimum atomic E-state index is -0.578. The summed E-state index contributed by atoms with van der Waals surface area (Å²) in [5.41, 5.74) is 6.93. The molecule has 0 spiro atoms. The second-order valence-corrected chi connectivity index (χ2v) is 3.60. The molecule has 4 N–H and O–H groups in total. The molecular formula is C10H15ClN2O2. The molecule has 0 radical (unpaired) electrons. The van der Waals surface area contributed by atoms with E-state index in [1.54, 1.807) is 18.2 Å². The fraction of sp³-hybridized carbons (Fsp3) is 0.400. The van der Waals surface area contributed by atoms with E-state index in [2.05, 4.69) is 5.32 Å². The molecule has 0 aliphatic heterocycles. The van der Waals surface area contributed by atoms with Crippen molar-refractivity contribution in [1.29, 1.82) is 0 Å². The van der Waals surface area contributed by atoms with Gasteiger partial charge in [0.1, 0.15) is 0 Å². The molecule has 0 saturated heterocycles. The lowest BCUT2D eigenvalue weighted by atomic mass is 10.2. The van der Waals surface area contributed by atoms with Crippen LogP contribution in [0.1, 0.15) is 0 Å². The summed E-state index contributed by atoms with van der Waals surface area (Å²) in [4.78, 5) is 0. The van der Waals surface area contributed by atoms with E-state index in [4.69, 9.17) is 22.1 Å². The van der Waals surface area contributed by atoms with Crippen LogP contribution in [0.4, 0.5) is 11.4 Å². The Labute approximate surface area is 94.0 Å². The molecule has 0 amide bonds. The molecule has 0 heterocycles.